The van der Waals surface area contributed by atoms with E-state index in [1.807, 2.05) is 0 Å². The number of hydrogen-bond donors (Lipinski definition) is 2. The zero-order valence-corrected chi connectivity index (χ0v) is 9.59. The van der Waals surface area contributed by atoms with Gasteiger partial charge in [-0.3, -0.25) is 0 Å². The van der Waals surface area contributed by atoms with Crippen LogP contribution >= 0.6 is 0 Å². The summed E-state index contributed by atoms with van der Waals surface area (Å²) in [5.41, 5.74) is 5.95. The number of benzene rings is 1. The SMILES string of the molecule is CC(N)=Nc1ccc(S(N)(=O)=O)cc1.[Cl-]. The molecule has 0 spiro atoms. The van der Waals surface area contributed by atoms with Crippen molar-refractivity contribution in [3.63, 3.8) is 0 Å². The number of primary sulfonamides is 1. The molecule has 0 saturated heterocycles. The van der Waals surface area contributed by atoms with Gasteiger partial charge in [0.25, 0.3) is 0 Å². The van der Waals surface area contributed by atoms with Gasteiger partial charge in [-0.2, -0.15) is 0 Å². The average molecular weight is 249 g/mol. The quantitative estimate of drug-likeness (QED) is 0.442. The van der Waals surface area contributed by atoms with E-state index in [0.29, 0.717) is 11.5 Å². The Morgan fingerprint density at radius 2 is 1.73 bits per heavy atom. The zero-order chi connectivity index (χ0) is 10.8. The van der Waals surface area contributed by atoms with Crippen molar-refractivity contribution >= 4 is 21.5 Å². The van der Waals surface area contributed by atoms with Crippen molar-refractivity contribution in [3.8, 4) is 0 Å². The highest BCUT2D eigenvalue weighted by atomic mass is 35.5. The Bertz CT molecular complexity index is 449. The van der Waals surface area contributed by atoms with Crippen LogP contribution in [0.15, 0.2) is 34.2 Å². The maximum atomic E-state index is 10.9. The Morgan fingerprint density at radius 3 is 2.07 bits per heavy atom. The van der Waals surface area contributed by atoms with Gasteiger partial charge in [0.15, 0.2) is 0 Å². The predicted molar refractivity (Wildman–Crippen MR) is 54.8 cm³/mol. The van der Waals surface area contributed by atoms with Crippen LogP contribution in [0.4, 0.5) is 5.69 Å². The van der Waals surface area contributed by atoms with Gasteiger partial charge in [0.2, 0.25) is 10.0 Å². The molecule has 0 atom stereocenters. The van der Waals surface area contributed by atoms with Gasteiger partial charge in [0.05, 0.1) is 16.4 Å². The third kappa shape index (κ3) is 4.28. The summed E-state index contributed by atoms with van der Waals surface area (Å²) in [6.07, 6.45) is 0. The maximum absolute atomic E-state index is 10.9. The molecule has 0 aliphatic carbocycles. The molecule has 0 unspecified atom stereocenters. The van der Waals surface area contributed by atoms with Crippen molar-refractivity contribution in [3.05, 3.63) is 24.3 Å². The summed E-state index contributed by atoms with van der Waals surface area (Å²) >= 11 is 0. The number of aliphatic imine (C=N–C) groups is 1. The molecule has 84 valence electrons. The fraction of sp³-hybridized carbons (Fsp3) is 0.125. The van der Waals surface area contributed by atoms with E-state index in [9.17, 15) is 8.42 Å². The summed E-state index contributed by atoms with van der Waals surface area (Å²) in [5.74, 6) is 0.411. The molecule has 0 heterocycles. The first kappa shape index (κ1) is 13.9. The number of halogens is 1. The highest BCUT2D eigenvalue weighted by Crippen LogP contribution is 2.15. The molecule has 15 heavy (non-hydrogen) atoms. The molecule has 7 heteroatoms. The van der Waals surface area contributed by atoms with Crippen molar-refractivity contribution in [2.24, 2.45) is 15.9 Å². The summed E-state index contributed by atoms with van der Waals surface area (Å²) in [4.78, 5) is 4.00. The third-order valence-corrected chi connectivity index (χ3v) is 2.40. The van der Waals surface area contributed by atoms with Crippen LogP contribution in [0.2, 0.25) is 0 Å². The van der Waals surface area contributed by atoms with Crippen LogP contribution in [0, 0.1) is 0 Å². The van der Waals surface area contributed by atoms with Gasteiger partial charge in [-0.05, 0) is 31.2 Å². The lowest BCUT2D eigenvalue weighted by molar-refractivity contribution is -0.00000583. The highest BCUT2D eigenvalue weighted by Gasteiger charge is 2.05. The highest BCUT2D eigenvalue weighted by molar-refractivity contribution is 7.89. The molecule has 0 bridgehead atoms. The average Bonchev–Trinajstić information content (AvgIpc) is 2.02. The van der Waals surface area contributed by atoms with Crippen molar-refractivity contribution in [2.45, 2.75) is 11.8 Å². The Hall–Kier alpha value is -1.11. The van der Waals surface area contributed by atoms with Gasteiger partial charge in [-0.15, -0.1) is 0 Å². The molecular formula is C8H11ClN3O2S-. The molecule has 0 amide bonds. The van der Waals surface area contributed by atoms with Gasteiger partial charge in [-0.1, -0.05) is 0 Å². The number of amidine groups is 1. The monoisotopic (exact) mass is 248 g/mol. The molecule has 0 fully saturated rings. The van der Waals surface area contributed by atoms with Crippen LogP contribution in [-0.4, -0.2) is 14.3 Å². The number of nitrogens with two attached hydrogens (primary N) is 2. The summed E-state index contributed by atoms with van der Waals surface area (Å²) in [7, 11) is -3.63. The molecule has 5 nitrogen and oxygen atoms in total. The van der Waals surface area contributed by atoms with Gasteiger partial charge < -0.3 is 18.1 Å². The standard InChI is InChI=1S/C8H11N3O2S.ClH/c1-6(9)11-7-2-4-8(5-3-7)14(10,12)13;/h2-5H,1H3,(H2,9,11)(H2,10,12,13);1H/p-1. The second-order valence-electron chi connectivity index (χ2n) is 2.79. The van der Waals surface area contributed by atoms with Crippen LogP contribution in [0.25, 0.3) is 0 Å². The Kier molecular flexibility index (Phi) is 4.73. The Balaban J connectivity index is 0.00000196. The van der Waals surface area contributed by atoms with Crippen molar-refractivity contribution in [2.75, 3.05) is 0 Å². The topological polar surface area (TPSA) is 98.5 Å². The summed E-state index contributed by atoms with van der Waals surface area (Å²) in [6.45, 7) is 1.65. The van der Waals surface area contributed by atoms with E-state index in [2.05, 4.69) is 4.99 Å². The number of nitrogens with zero attached hydrogens (tertiary/aromatic N) is 1. The van der Waals surface area contributed by atoms with Gasteiger partial charge >= 0.3 is 0 Å². The van der Waals surface area contributed by atoms with Crippen LogP contribution in [-0.2, 0) is 10.0 Å². The second-order valence-corrected chi connectivity index (χ2v) is 4.35. The minimum Gasteiger partial charge on any atom is -1.00 e. The van der Waals surface area contributed by atoms with E-state index >= 15 is 0 Å². The van der Waals surface area contributed by atoms with Crippen LogP contribution in [0.1, 0.15) is 6.92 Å². The normalized spacial score (nSPS) is 12.0. The minimum absolute atomic E-state index is 0. The summed E-state index contributed by atoms with van der Waals surface area (Å²) in [6, 6.07) is 5.85. The lowest BCUT2D eigenvalue weighted by Gasteiger charge is -1.98. The molecule has 0 saturated carbocycles. The van der Waals surface area contributed by atoms with E-state index in [-0.39, 0.29) is 17.3 Å². The Morgan fingerprint density at radius 1 is 1.27 bits per heavy atom. The minimum atomic E-state index is -3.63. The number of rotatable bonds is 2. The second kappa shape index (κ2) is 5.11. The molecule has 4 N–H and O–H groups in total. The van der Waals surface area contributed by atoms with E-state index in [1.165, 1.54) is 24.3 Å². The fourth-order valence-corrected chi connectivity index (χ4v) is 1.43. The van der Waals surface area contributed by atoms with Gasteiger partial charge in [0.1, 0.15) is 0 Å². The first-order chi connectivity index (χ1) is 6.39. The van der Waals surface area contributed by atoms with E-state index < -0.39 is 10.0 Å². The van der Waals surface area contributed by atoms with Crippen molar-refractivity contribution in [1.29, 1.82) is 0 Å². The van der Waals surface area contributed by atoms with E-state index in [1.54, 1.807) is 6.92 Å². The molecule has 1 rings (SSSR count). The first-order valence-corrected chi connectivity index (χ1v) is 5.38. The van der Waals surface area contributed by atoms with Crippen molar-refractivity contribution in [1.82, 2.24) is 0 Å². The molecular weight excluding hydrogens is 238 g/mol. The molecule has 0 aliphatic heterocycles. The van der Waals surface area contributed by atoms with E-state index in [0.717, 1.165) is 0 Å². The van der Waals surface area contributed by atoms with Crippen LogP contribution in [0.5, 0.6) is 0 Å². The molecule has 1 aromatic carbocycles. The summed E-state index contributed by atoms with van der Waals surface area (Å²) < 4.78 is 21.8. The van der Waals surface area contributed by atoms with Crippen LogP contribution < -0.4 is 23.3 Å². The lowest BCUT2D eigenvalue weighted by Crippen LogP contribution is -3.00. The molecule has 0 aromatic heterocycles. The van der Waals surface area contributed by atoms with Crippen molar-refractivity contribution < 1.29 is 20.8 Å². The number of sulfonamides is 1. The zero-order valence-electron chi connectivity index (χ0n) is 8.01. The smallest absolute Gasteiger partial charge is 0.238 e. The largest absolute Gasteiger partial charge is 1.00 e. The Labute approximate surface area is 94.7 Å². The maximum Gasteiger partial charge on any atom is 0.238 e. The molecule has 0 radical (unpaired) electrons. The predicted octanol–water partition coefficient (Wildman–Crippen LogP) is -2.65. The van der Waals surface area contributed by atoms with Gasteiger partial charge in [-0.25, -0.2) is 18.5 Å². The van der Waals surface area contributed by atoms with Crippen LogP contribution in [0.3, 0.4) is 0 Å². The first-order valence-electron chi connectivity index (χ1n) is 3.83. The number of hydrogen-bond acceptors (Lipinski definition) is 3. The molecule has 0 aliphatic rings. The third-order valence-electron chi connectivity index (χ3n) is 1.47. The molecule has 1 aromatic rings. The van der Waals surface area contributed by atoms with Gasteiger partial charge in [0, 0.05) is 0 Å². The van der Waals surface area contributed by atoms with E-state index in [4.69, 9.17) is 10.9 Å². The fourth-order valence-electron chi connectivity index (χ4n) is 0.914. The summed E-state index contributed by atoms with van der Waals surface area (Å²) in [5, 5.41) is 4.92. The lowest BCUT2D eigenvalue weighted by atomic mass is 10.3.